The molecule has 1 heterocycles. The molecule has 96 valence electrons. The van der Waals surface area contributed by atoms with Gasteiger partial charge >= 0.3 is 0 Å². The van der Waals surface area contributed by atoms with Gasteiger partial charge in [-0.1, -0.05) is 17.7 Å². The fourth-order valence-corrected chi connectivity index (χ4v) is 2.88. The van der Waals surface area contributed by atoms with Crippen LogP contribution in [0.3, 0.4) is 0 Å². The molecule has 1 aromatic carbocycles. The molecular formula is C14H18BrN3. The van der Waals surface area contributed by atoms with Gasteiger partial charge < -0.3 is 10.7 Å². The summed E-state index contributed by atoms with van der Waals surface area (Å²) in [5.74, 6) is 0. The number of nitrogens with one attached hydrogen (secondary N) is 1. The minimum Gasteiger partial charge on any atom is -0.336 e. The van der Waals surface area contributed by atoms with Crippen molar-refractivity contribution in [3.8, 4) is 11.3 Å². The van der Waals surface area contributed by atoms with E-state index in [0.29, 0.717) is 6.54 Å². The van der Waals surface area contributed by atoms with Crippen molar-refractivity contribution in [3.63, 3.8) is 0 Å². The maximum atomic E-state index is 5.65. The summed E-state index contributed by atoms with van der Waals surface area (Å²) in [5, 5.41) is 0. The minimum absolute atomic E-state index is 0.617. The predicted octanol–water partition coefficient (Wildman–Crippen LogP) is 3.27. The first-order chi connectivity index (χ1) is 8.52. The Labute approximate surface area is 116 Å². The number of H-pyrrole nitrogens is 1. The van der Waals surface area contributed by atoms with E-state index in [4.69, 9.17) is 5.73 Å². The molecule has 0 radical (unpaired) electrons. The largest absolute Gasteiger partial charge is 0.336 e. The van der Waals surface area contributed by atoms with Crippen molar-refractivity contribution in [1.82, 2.24) is 9.97 Å². The number of nitrogens with zero attached hydrogens (tertiary/aromatic N) is 1. The van der Waals surface area contributed by atoms with Crippen molar-refractivity contribution in [2.45, 2.75) is 27.2 Å². The van der Waals surface area contributed by atoms with E-state index in [1.807, 2.05) is 0 Å². The average Bonchev–Trinajstić information content (AvgIpc) is 2.58. The van der Waals surface area contributed by atoms with E-state index in [0.717, 1.165) is 22.5 Å². The number of aromatic nitrogens is 2. The van der Waals surface area contributed by atoms with Gasteiger partial charge in [0, 0.05) is 17.7 Å². The van der Waals surface area contributed by atoms with Gasteiger partial charge in [0.15, 0.2) is 4.73 Å². The Morgan fingerprint density at radius 2 is 1.83 bits per heavy atom. The Balaban J connectivity index is 2.61. The number of rotatable bonds is 3. The lowest BCUT2D eigenvalue weighted by Gasteiger charge is -2.10. The van der Waals surface area contributed by atoms with Crippen LogP contribution in [-0.4, -0.2) is 16.5 Å². The number of aryl methyl sites for hydroxylation is 3. The summed E-state index contributed by atoms with van der Waals surface area (Å²) in [6.45, 7) is 6.99. The molecule has 0 saturated heterocycles. The van der Waals surface area contributed by atoms with Crippen LogP contribution in [0.1, 0.15) is 22.4 Å². The van der Waals surface area contributed by atoms with Crippen molar-refractivity contribution >= 4 is 15.9 Å². The highest BCUT2D eigenvalue weighted by Gasteiger charge is 2.15. The summed E-state index contributed by atoms with van der Waals surface area (Å²) in [7, 11) is 0. The van der Waals surface area contributed by atoms with Gasteiger partial charge in [-0.25, -0.2) is 4.98 Å². The molecule has 0 spiro atoms. The van der Waals surface area contributed by atoms with Crippen LogP contribution in [0.5, 0.6) is 0 Å². The molecule has 0 aliphatic carbocycles. The van der Waals surface area contributed by atoms with Crippen LogP contribution in [0.2, 0.25) is 0 Å². The number of aromatic amines is 1. The fraction of sp³-hybridized carbons (Fsp3) is 0.357. The molecule has 0 atom stereocenters. The van der Waals surface area contributed by atoms with Gasteiger partial charge in [0.05, 0.1) is 5.69 Å². The standard InChI is InChI=1S/C14H18BrN3/c1-8-6-9(2)12(10(3)7-8)13-11(4-5-16)17-14(15)18-13/h6-7H,4-5,16H2,1-3H3,(H,17,18). The van der Waals surface area contributed by atoms with Crippen molar-refractivity contribution in [3.05, 3.63) is 39.3 Å². The molecule has 0 aliphatic heterocycles. The zero-order valence-corrected chi connectivity index (χ0v) is 12.6. The van der Waals surface area contributed by atoms with Crippen LogP contribution < -0.4 is 5.73 Å². The lowest BCUT2D eigenvalue weighted by Crippen LogP contribution is -2.04. The van der Waals surface area contributed by atoms with Crippen LogP contribution in [0.15, 0.2) is 16.9 Å². The highest BCUT2D eigenvalue weighted by Crippen LogP contribution is 2.30. The van der Waals surface area contributed by atoms with Gasteiger partial charge in [-0.2, -0.15) is 0 Å². The summed E-state index contributed by atoms with van der Waals surface area (Å²) in [5.41, 5.74) is 12.8. The molecule has 1 aromatic heterocycles. The van der Waals surface area contributed by atoms with Gasteiger partial charge in [0.1, 0.15) is 0 Å². The Kier molecular flexibility index (Phi) is 3.88. The molecule has 18 heavy (non-hydrogen) atoms. The predicted molar refractivity (Wildman–Crippen MR) is 78.7 cm³/mol. The van der Waals surface area contributed by atoms with Crippen molar-refractivity contribution in [2.24, 2.45) is 5.73 Å². The molecule has 3 N–H and O–H groups in total. The lowest BCUT2D eigenvalue weighted by atomic mass is 9.96. The molecule has 0 saturated carbocycles. The average molecular weight is 308 g/mol. The number of hydrogen-bond donors (Lipinski definition) is 2. The third-order valence-corrected chi connectivity index (χ3v) is 3.43. The first kappa shape index (κ1) is 13.3. The maximum absolute atomic E-state index is 5.65. The minimum atomic E-state index is 0.617. The van der Waals surface area contributed by atoms with Crippen LogP contribution in [-0.2, 0) is 6.42 Å². The van der Waals surface area contributed by atoms with Crippen LogP contribution in [0.4, 0.5) is 0 Å². The number of imidazole rings is 1. The van der Waals surface area contributed by atoms with Crippen molar-refractivity contribution < 1.29 is 0 Å². The third kappa shape index (κ3) is 2.49. The Morgan fingerprint density at radius 1 is 1.22 bits per heavy atom. The van der Waals surface area contributed by atoms with Crippen LogP contribution >= 0.6 is 15.9 Å². The van der Waals surface area contributed by atoms with E-state index in [9.17, 15) is 0 Å². The Bertz CT molecular complexity index is 549. The smallest absolute Gasteiger partial charge is 0.175 e. The van der Waals surface area contributed by atoms with E-state index in [2.05, 4.69) is 58.8 Å². The summed E-state index contributed by atoms with van der Waals surface area (Å²) in [6.07, 6.45) is 0.806. The van der Waals surface area contributed by atoms with Crippen molar-refractivity contribution in [2.75, 3.05) is 6.54 Å². The quantitative estimate of drug-likeness (QED) is 0.914. The summed E-state index contributed by atoms with van der Waals surface area (Å²) in [4.78, 5) is 7.80. The first-order valence-corrected chi connectivity index (χ1v) is 6.85. The molecule has 0 unspecified atom stereocenters. The van der Waals surface area contributed by atoms with Gasteiger partial charge in [-0.15, -0.1) is 0 Å². The zero-order valence-electron chi connectivity index (χ0n) is 11.0. The number of benzene rings is 1. The molecule has 4 heteroatoms. The highest BCUT2D eigenvalue weighted by molar-refractivity contribution is 9.10. The van der Waals surface area contributed by atoms with Gasteiger partial charge in [0.2, 0.25) is 0 Å². The monoisotopic (exact) mass is 307 g/mol. The number of halogens is 1. The molecule has 0 aliphatic rings. The Hall–Kier alpha value is -1.13. The second-order valence-corrected chi connectivity index (χ2v) is 5.42. The summed E-state index contributed by atoms with van der Waals surface area (Å²) >= 11 is 3.41. The second kappa shape index (κ2) is 5.24. The van der Waals surface area contributed by atoms with Crippen molar-refractivity contribution in [1.29, 1.82) is 0 Å². The molecule has 2 rings (SSSR count). The van der Waals surface area contributed by atoms with E-state index in [1.54, 1.807) is 0 Å². The molecule has 0 fully saturated rings. The van der Waals surface area contributed by atoms with Gasteiger partial charge in [-0.3, -0.25) is 0 Å². The molecule has 0 amide bonds. The van der Waals surface area contributed by atoms with Crippen LogP contribution in [0.25, 0.3) is 11.3 Å². The molecule has 2 aromatic rings. The molecule has 0 bridgehead atoms. The Morgan fingerprint density at radius 3 is 2.39 bits per heavy atom. The summed E-state index contributed by atoms with van der Waals surface area (Å²) in [6, 6.07) is 4.38. The highest BCUT2D eigenvalue weighted by atomic mass is 79.9. The lowest BCUT2D eigenvalue weighted by molar-refractivity contribution is 0.933. The SMILES string of the molecule is Cc1cc(C)c(-c2nc(Br)[nH]c2CCN)c(C)c1. The molecular weight excluding hydrogens is 290 g/mol. The van der Waals surface area contributed by atoms with E-state index in [-0.39, 0.29) is 0 Å². The fourth-order valence-electron chi connectivity index (χ4n) is 2.46. The van der Waals surface area contributed by atoms with Gasteiger partial charge in [-0.05, 0) is 54.4 Å². The maximum Gasteiger partial charge on any atom is 0.175 e. The van der Waals surface area contributed by atoms with E-state index in [1.165, 1.54) is 22.3 Å². The number of hydrogen-bond acceptors (Lipinski definition) is 2. The first-order valence-electron chi connectivity index (χ1n) is 6.05. The van der Waals surface area contributed by atoms with Crippen LogP contribution in [0, 0.1) is 20.8 Å². The van der Waals surface area contributed by atoms with E-state index < -0.39 is 0 Å². The molecule has 3 nitrogen and oxygen atoms in total. The van der Waals surface area contributed by atoms with E-state index >= 15 is 0 Å². The second-order valence-electron chi connectivity index (χ2n) is 4.67. The topological polar surface area (TPSA) is 54.7 Å². The number of nitrogens with two attached hydrogens (primary N) is 1. The van der Waals surface area contributed by atoms with Gasteiger partial charge in [0.25, 0.3) is 0 Å². The third-order valence-electron chi connectivity index (χ3n) is 3.06. The normalized spacial score (nSPS) is 10.9. The zero-order chi connectivity index (χ0) is 13.3. The summed E-state index contributed by atoms with van der Waals surface area (Å²) < 4.78 is 0.764.